The van der Waals surface area contributed by atoms with Crippen molar-refractivity contribution in [2.45, 2.75) is 25.7 Å². The van der Waals surface area contributed by atoms with Gasteiger partial charge in [0.25, 0.3) is 5.91 Å². The molecule has 0 bridgehead atoms. The first-order chi connectivity index (χ1) is 14.2. The number of nitrogens with one attached hydrogen (secondary N) is 3. The van der Waals surface area contributed by atoms with Crippen LogP contribution in [0.5, 0.6) is 5.75 Å². The molecule has 1 aromatic heterocycles. The van der Waals surface area contributed by atoms with Crippen molar-refractivity contribution in [3.05, 3.63) is 81.7 Å². The largest absolute Gasteiger partial charge is 0.497 e. The van der Waals surface area contributed by atoms with E-state index in [0.29, 0.717) is 0 Å². The third-order valence-electron chi connectivity index (χ3n) is 5.75. The smallest absolute Gasteiger partial charge is 0.256 e. The number of amides is 1. The van der Waals surface area contributed by atoms with Crippen LogP contribution in [0.15, 0.2) is 54.6 Å². The van der Waals surface area contributed by atoms with E-state index in [1.807, 2.05) is 24.3 Å². The molecule has 5 rings (SSSR count). The molecule has 0 saturated heterocycles. The Morgan fingerprint density at radius 2 is 1.90 bits per heavy atom. The highest BCUT2D eigenvalue weighted by Gasteiger charge is 2.34. The van der Waals surface area contributed by atoms with Crippen LogP contribution in [-0.4, -0.2) is 19.6 Å². The van der Waals surface area contributed by atoms with Gasteiger partial charge in [-0.2, -0.15) is 0 Å². The summed E-state index contributed by atoms with van der Waals surface area (Å²) in [7, 11) is 1.65. The molecular weight excluding hydrogens is 382 g/mol. The van der Waals surface area contributed by atoms with Crippen molar-refractivity contribution >= 4 is 22.2 Å². The molecule has 0 radical (unpaired) electrons. The zero-order valence-corrected chi connectivity index (χ0v) is 17.1. The molecular formula is C23H24N3O2S+. The van der Waals surface area contributed by atoms with Crippen molar-refractivity contribution in [1.82, 2.24) is 5.32 Å². The van der Waals surface area contributed by atoms with Gasteiger partial charge in [-0.05, 0) is 23.3 Å². The van der Waals surface area contributed by atoms with Crippen molar-refractivity contribution in [1.29, 1.82) is 0 Å². The van der Waals surface area contributed by atoms with E-state index in [2.05, 4.69) is 41.0 Å². The Kier molecular flexibility index (Phi) is 4.73. The van der Waals surface area contributed by atoms with Crippen LogP contribution in [-0.2, 0) is 19.5 Å². The first-order valence-electron chi connectivity index (χ1n) is 9.94. The van der Waals surface area contributed by atoms with Gasteiger partial charge in [-0.3, -0.25) is 4.79 Å². The SMILES string of the molecule is COc1ccc([C@@H]2NC(=O)c3c(sc4c3CC[NH+](Cc3ccccc3)C4)N2)cc1. The first-order valence-corrected chi connectivity index (χ1v) is 10.8. The summed E-state index contributed by atoms with van der Waals surface area (Å²) in [6.07, 6.45) is 0.736. The minimum absolute atomic E-state index is 0.0311. The van der Waals surface area contributed by atoms with Gasteiger partial charge in [-0.1, -0.05) is 42.5 Å². The van der Waals surface area contributed by atoms with Crippen LogP contribution in [0.25, 0.3) is 0 Å². The number of hydrogen-bond donors (Lipinski definition) is 3. The van der Waals surface area contributed by atoms with E-state index >= 15 is 0 Å². The number of benzene rings is 2. The summed E-state index contributed by atoms with van der Waals surface area (Å²) in [4.78, 5) is 15.8. The topological polar surface area (TPSA) is 54.8 Å². The van der Waals surface area contributed by atoms with Gasteiger partial charge in [0.1, 0.15) is 30.0 Å². The van der Waals surface area contributed by atoms with Crippen molar-refractivity contribution in [2.75, 3.05) is 19.0 Å². The molecule has 3 heterocycles. The minimum atomic E-state index is -0.214. The standard InChI is InChI=1S/C23H23N3O2S/c1-28-17-9-7-16(8-10-17)21-24-22(27)20-18-11-12-26(13-15-5-3-2-4-6-15)14-19(18)29-23(20)25-21/h2-10,21,25H,11-14H2,1H3,(H,24,27)/p+1/t21-/m1/s1. The molecule has 0 fully saturated rings. The Morgan fingerprint density at radius 3 is 2.66 bits per heavy atom. The van der Waals surface area contributed by atoms with Gasteiger partial charge in [-0.15, -0.1) is 11.3 Å². The fraction of sp³-hybridized carbons (Fsp3) is 0.261. The summed E-state index contributed by atoms with van der Waals surface area (Å²) in [5.41, 5.74) is 4.48. The Labute approximate surface area is 174 Å². The number of methoxy groups -OCH3 is 1. The van der Waals surface area contributed by atoms with Gasteiger partial charge in [0.15, 0.2) is 0 Å². The third-order valence-corrected chi connectivity index (χ3v) is 6.92. The number of fused-ring (bicyclic) bond motifs is 3. The Balaban J connectivity index is 1.36. The molecule has 5 nitrogen and oxygen atoms in total. The molecule has 29 heavy (non-hydrogen) atoms. The van der Waals surface area contributed by atoms with E-state index in [9.17, 15) is 4.79 Å². The van der Waals surface area contributed by atoms with Gasteiger partial charge in [-0.25, -0.2) is 0 Å². The lowest BCUT2D eigenvalue weighted by molar-refractivity contribution is -0.929. The second-order valence-electron chi connectivity index (χ2n) is 7.62. The normalized spacial score (nSPS) is 20.2. The molecule has 6 heteroatoms. The van der Waals surface area contributed by atoms with Gasteiger partial charge < -0.3 is 20.3 Å². The van der Waals surface area contributed by atoms with Crippen LogP contribution in [0.2, 0.25) is 0 Å². The fourth-order valence-electron chi connectivity index (χ4n) is 4.25. The second kappa shape index (κ2) is 7.54. The molecule has 2 aromatic carbocycles. The third kappa shape index (κ3) is 3.50. The summed E-state index contributed by atoms with van der Waals surface area (Å²) in [6.45, 7) is 3.06. The van der Waals surface area contributed by atoms with Gasteiger partial charge in [0.2, 0.25) is 0 Å². The predicted molar refractivity (Wildman–Crippen MR) is 115 cm³/mol. The number of ether oxygens (including phenoxy) is 1. The predicted octanol–water partition coefficient (Wildman–Crippen LogP) is 2.75. The lowest BCUT2D eigenvalue weighted by Crippen LogP contribution is -3.10. The number of anilines is 1. The molecule has 1 unspecified atom stereocenters. The molecule has 0 aliphatic carbocycles. The van der Waals surface area contributed by atoms with Crippen LogP contribution in [0, 0.1) is 0 Å². The fourth-order valence-corrected chi connectivity index (χ4v) is 5.59. The number of rotatable bonds is 4. The zero-order chi connectivity index (χ0) is 19.8. The summed E-state index contributed by atoms with van der Waals surface area (Å²) >= 11 is 1.74. The maximum Gasteiger partial charge on any atom is 0.256 e. The zero-order valence-electron chi connectivity index (χ0n) is 16.3. The summed E-state index contributed by atoms with van der Waals surface area (Å²) < 4.78 is 5.23. The molecule has 1 amide bonds. The summed E-state index contributed by atoms with van der Waals surface area (Å²) in [5.74, 6) is 0.841. The highest BCUT2D eigenvalue weighted by atomic mass is 32.1. The van der Waals surface area contributed by atoms with E-state index in [0.717, 1.165) is 47.9 Å². The second-order valence-corrected chi connectivity index (χ2v) is 8.73. The van der Waals surface area contributed by atoms with E-state index in [-0.39, 0.29) is 12.1 Å². The van der Waals surface area contributed by atoms with Crippen molar-refractivity contribution < 1.29 is 14.4 Å². The molecule has 0 spiro atoms. The van der Waals surface area contributed by atoms with Crippen LogP contribution in [0.3, 0.4) is 0 Å². The average Bonchev–Trinajstić information content (AvgIpc) is 3.12. The van der Waals surface area contributed by atoms with E-state index < -0.39 is 0 Å². The van der Waals surface area contributed by atoms with Crippen LogP contribution in [0.1, 0.15) is 38.1 Å². The van der Waals surface area contributed by atoms with Crippen LogP contribution in [0.4, 0.5) is 5.00 Å². The molecule has 148 valence electrons. The van der Waals surface area contributed by atoms with Gasteiger partial charge in [0, 0.05) is 12.0 Å². The van der Waals surface area contributed by atoms with E-state index in [1.54, 1.807) is 23.3 Å². The number of quaternary nitrogens is 1. The summed E-state index contributed by atoms with van der Waals surface area (Å²) in [5, 5.41) is 7.66. The quantitative estimate of drug-likeness (QED) is 0.625. The lowest BCUT2D eigenvalue weighted by atomic mass is 10.00. The van der Waals surface area contributed by atoms with Crippen molar-refractivity contribution in [3.8, 4) is 5.75 Å². The number of carbonyl (C=O) groups excluding carboxylic acids is 1. The molecule has 3 aromatic rings. The van der Waals surface area contributed by atoms with Gasteiger partial charge in [0.05, 0.1) is 24.1 Å². The Morgan fingerprint density at radius 1 is 1.10 bits per heavy atom. The number of thiophene rings is 1. The maximum absolute atomic E-state index is 12.9. The first kappa shape index (κ1) is 18.2. The molecule has 2 aliphatic heterocycles. The highest BCUT2D eigenvalue weighted by molar-refractivity contribution is 7.16. The van der Waals surface area contributed by atoms with Gasteiger partial charge >= 0.3 is 0 Å². The Hall–Kier alpha value is -2.83. The minimum Gasteiger partial charge on any atom is -0.497 e. The Bertz CT molecular complexity index is 1030. The van der Waals surface area contributed by atoms with Crippen LogP contribution < -0.4 is 20.3 Å². The van der Waals surface area contributed by atoms with E-state index in [4.69, 9.17) is 4.74 Å². The van der Waals surface area contributed by atoms with Crippen LogP contribution >= 0.6 is 11.3 Å². The van der Waals surface area contributed by atoms with Crippen molar-refractivity contribution in [2.24, 2.45) is 0 Å². The maximum atomic E-state index is 12.9. The van der Waals surface area contributed by atoms with Crippen molar-refractivity contribution in [3.63, 3.8) is 0 Å². The molecule has 0 saturated carbocycles. The molecule has 3 N–H and O–H groups in total. The average molecular weight is 407 g/mol. The monoisotopic (exact) mass is 406 g/mol. The highest BCUT2D eigenvalue weighted by Crippen LogP contribution is 2.39. The lowest BCUT2D eigenvalue weighted by Gasteiger charge is -2.27. The summed E-state index contributed by atoms with van der Waals surface area (Å²) in [6, 6.07) is 18.5. The number of carbonyl (C=O) groups is 1. The molecule has 2 aliphatic rings. The number of hydrogen-bond acceptors (Lipinski definition) is 4. The van der Waals surface area contributed by atoms with E-state index in [1.165, 1.54) is 16.0 Å². The molecule has 2 atom stereocenters.